The van der Waals surface area contributed by atoms with Crippen molar-refractivity contribution >= 4 is 24.4 Å². The first-order valence-corrected chi connectivity index (χ1v) is 7.40. The molecule has 0 saturated heterocycles. The Morgan fingerprint density at radius 3 is 1.70 bits per heavy atom. The summed E-state index contributed by atoms with van der Waals surface area (Å²) in [7, 11) is -1.16. The molecular weight excluding hydrogens is 168 g/mol. The molecule has 10 heavy (non-hydrogen) atoms. The van der Waals surface area contributed by atoms with E-state index < -0.39 is 13.4 Å². The third-order valence-corrected chi connectivity index (χ3v) is 3.32. The number of halogens is 1. The van der Waals surface area contributed by atoms with Crippen LogP contribution in [-0.2, 0) is 4.79 Å². The standard InChI is InChI=1S/C4H11ClSi.C2H4O2/c1-4-6(2,3)5;1-2(3)4/h4H2,1-3H3;1H3,(H,3,4). The molecule has 0 spiro atoms. The van der Waals surface area contributed by atoms with Crippen LogP contribution in [0, 0.1) is 0 Å². The summed E-state index contributed by atoms with van der Waals surface area (Å²) in [5.74, 6) is -0.833. The Morgan fingerprint density at radius 2 is 1.70 bits per heavy atom. The topological polar surface area (TPSA) is 37.3 Å². The second-order valence-corrected chi connectivity index (χ2v) is 9.81. The Hall–Kier alpha value is -0.0231. The Labute approximate surface area is 67.9 Å². The lowest BCUT2D eigenvalue weighted by Crippen LogP contribution is -2.12. The van der Waals surface area contributed by atoms with Gasteiger partial charge in [0.2, 0.25) is 0 Å². The molecule has 0 rings (SSSR count). The molecule has 0 aliphatic rings. The summed E-state index contributed by atoms with van der Waals surface area (Å²) < 4.78 is 0. The van der Waals surface area contributed by atoms with Crippen molar-refractivity contribution < 1.29 is 9.90 Å². The molecule has 0 unspecified atom stereocenters. The summed E-state index contributed by atoms with van der Waals surface area (Å²) in [5.41, 5.74) is 0. The van der Waals surface area contributed by atoms with Crippen LogP contribution >= 0.6 is 11.1 Å². The van der Waals surface area contributed by atoms with E-state index in [4.69, 9.17) is 21.0 Å². The summed E-state index contributed by atoms with van der Waals surface area (Å²) in [5, 5.41) is 7.42. The maximum atomic E-state index is 9.00. The quantitative estimate of drug-likeness (QED) is 0.500. The maximum Gasteiger partial charge on any atom is 0.300 e. The molecule has 0 radical (unpaired) electrons. The molecule has 0 fully saturated rings. The highest BCUT2D eigenvalue weighted by Crippen LogP contribution is 2.11. The Morgan fingerprint density at radius 1 is 1.60 bits per heavy atom. The third-order valence-electron chi connectivity index (χ3n) is 0.841. The second-order valence-electron chi connectivity index (χ2n) is 2.59. The fraction of sp³-hybridized carbons (Fsp3) is 0.833. The summed E-state index contributed by atoms with van der Waals surface area (Å²) >= 11 is 5.86. The van der Waals surface area contributed by atoms with Gasteiger partial charge >= 0.3 is 0 Å². The Kier molecular flexibility index (Phi) is 7.25. The second kappa shape index (κ2) is 5.74. The first-order chi connectivity index (χ1) is 4.29. The van der Waals surface area contributed by atoms with Crippen molar-refractivity contribution in [2.45, 2.75) is 33.0 Å². The minimum Gasteiger partial charge on any atom is -0.481 e. The third kappa shape index (κ3) is 43.8. The number of rotatable bonds is 1. The summed E-state index contributed by atoms with van der Waals surface area (Å²) in [6.07, 6.45) is 0. The molecule has 0 aliphatic carbocycles. The van der Waals surface area contributed by atoms with E-state index in [-0.39, 0.29) is 0 Å². The van der Waals surface area contributed by atoms with Crippen molar-refractivity contribution in [2.24, 2.45) is 0 Å². The van der Waals surface area contributed by atoms with Gasteiger partial charge in [0, 0.05) is 6.92 Å². The van der Waals surface area contributed by atoms with Gasteiger partial charge in [0.05, 0.1) is 0 Å². The minimum atomic E-state index is -1.16. The zero-order valence-electron chi connectivity index (χ0n) is 6.94. The van der Waals surface area contributed by atoms with Crippen molar-refractivity contribution in [1.29, 1.82) is 0 Å². The summed E-state index contributed by atoms with van der Waals surface area (Å²) in [4.78, 5) is 9.00. The lowest BCUT2D eigenvalue weighted by atomic mass is 10.9. The smallest absolute Gasteiger partial charge is 0.300 e. The van der Waals surface area contributed by atoms with E-state index in [0.29, 0.717) is 0 Å². The highest BCUT2D eigenvalue weighted by atomic mass is 35.6. The van der Waals surface area contributed by atoms with Gasteiger partial charge < -0.3 is 5.11 Å². The number of carboxylic acids is 1. The molecule has 2 nitrogen and oxygen atoms in total. The average molecular weight is 183 g/mol. The molecule has 0 bridgehead atoms. The van der Waals surface area contributed by atoms with E-state index in [1.54, 1.807) is 0 Å². The van der Waals surface area contributed by atoms with Crippen LogP contribution in [0.2, 0.25) is 19.1 Å². The van der Waals surface area contributed by atoms with Gasteiger partial charge in [-0.05, 0) is 6.04 Å². The van der Waals surface area contributed by atoms with Crippen molar-refractivity contribution in [2.75, 3.05) is 0 Å². The van der Waals surface area contributed by atoms with Gasteiger partial charge in [0.25, 0.3) is 5.97 Å². The van der Waals surface area contributed by atoms with E-state index in [9.17, 15) is 0 Å². The number of carboxylic acid groups (broad SMARTS) is 1. The normalized spacial score (nSPS) is 9.70. The molecule has 0 aliphatic heterocycles. The molecule has 0 saturated carbocycles. The summed E-state index contributed by atoms with van der Waals surface area (Å²) in [6, 6.07) is 1.18. The van der Waals surface area contributed by atoms with Crippen LogP contribution in [-0.4, -0.2) is 18.5 Å². The van der Waals surface area contributed by atoms with E-state index in [0.717, 1.165) is 6.92 Å². The summed E-state index contributed by atoms with van der Waals surface area (Å²) in [6.45, 7) is 7.52. The van der Waals surface area contributed by atoms with Gasteiger partial charge in [0.1, 0.15) is 7.38 Å². The fourth-order valence-corrected chi connectivity index (χ4v) is 0. The molecule has 0 amide bonds. The highest BCUT2D eigenvalue weighted by Gasteiger charge is 2.11. The van der Waals surface area contributed by atoms with E-state index >= 15 is 0 Å². The molecule has 1 N–H and O–H groups in total. The molecular formula is C6H15ClO2Si. The predicted octanol–water partition coefficient (Wildman–Crippen LogP) is 2.54. The van der Waals surface area contributed by atoms with Crippen LogP contribution in [0.3, 0.4) is 0 Å². The van der Waals surface area contributed by atoms with Crippen molar-refractivity contribution in [1.82, 2.24) is 0 Å². The van der Waals surface area contributed by atoms with Gasteiger partial charge in [-0.1, -0.05) is 20.0 Å². The largest absolute Gasteiger partial charge is 0.481 e. The van der Waals surface area contributed by atoms with Gasteiger partial charge in [0.15, 0.2) is 0 Å². The molecule has 0 atom stereocenters. The predicted molar refractivity (Wildman–Crippen MR) is 47.1 cm³/mol. The van der Waals surface area contributed by atoms with E-state index in [2.05, 4.69) is 20.0 Å². The van der Waals surface area contributed by atoms with E-state index in [1.165, 1.54) is 6.04 Å². The van der Waals surface area contributed by atoms with Gasteiger partial charge in [-0.15, -0.1) is 0 Å². The Balaban J connectivity index is 0. The molecule has 0 aromatic rings. The molecule has 0 aromatic carbocycles. The van der Waals surface area contributed by atoms with Gasteiger partial charge in [-0.25, -0.2) is 0 Å². The first-order valence-electron chi connectivity index (χ1n) is 3.18. The SMILES string of the molecule is CC(=O)O.CC[Si](C)(C)Cl. The molecule has 4 heteroatoms. The van der Waals surface area contributed by atoms with E-state index in [1.807, 2.05) is 0 Å². The maximum absolute atomic E-state index is 9.00. The van der Waals surface area contributed by atoms with Crippen LogP contribution in [0.25, 0.3) is 0 Å². The van der Waals surface area contributed by atoms with Crippen molar-refractivity contribution in [3.63, 3.8) is 0 Å². The van der Waals surface area contributed by atoms with Crippen molar-refractivity contribution in [3.05, 3.63) is 0 Å². The van der Waals surface area contributed by atoms with Gasteiger partial charge in [-0.2, -0.15) is 11.1 Å². The van der Waals surface area contributed by atoms with Crippen LogP contribution in [0.4, 0.5) is 0 Å². The van der Waals surface area contributed by atoms with Crippen LogP contribution in [0.15, 0.2) is 0 Å². The number of hydrogen-bond acceptors (Lipinski definition) is 1. The highest BCUT2D eigenvalue weighted by molar-refractivity contribution is 7.19. The molecule has 0 aromatic heterocycles. The Bertz CT molecular complexity index is 94.4. The molecule has 0 heterocycles. The average Bonchev–Trinajstić information content (AvgIpc) is 1.63. The zero-order valence-corrected chi connectivity index (χ0v) is 8.70. The lowest BCUT2D eigenvalue weighted by Gasteiger charge is -2.05. The first kappa shape index (κ1) is 12.6. The number of carbonyl (C=O) groups is 1. The minimum absolute atomic E-state index is 0.833. The number of aliphatic carboxylic acids is 1. The monoisotopic (exact) mass is 182 g/mol. The lowest BCUT2D eigenvalue weighted by molar-refractivity contribution is -0.134. The number of hydrogen-bond donors (Lipinski definition) is 1. The molecule has 62 valence electrons. The van der Waals surface area contributed by atoms with Crippen LogP contribution in [0.5, 0.6) is 0 Å². The van der Waals surface area contributed by atoms with Crippen molar-refractivity contribution in [3.8, 4) is 0 Å². The fourth-order valence-electron chi connectivity index (χ4n) is 0. The van der Waals surface area contributed by atoms with Gasteiger partial charge in [-0.3, -0.25) is 4.79 Å². The van der Waals surface area contributed by atoms with Crippen LogP contribution in [0.1, 0.15) is 13.8 Å². The van der Waals surface area contributed by atoms with Crippen LogP contribution < -0.4 is 0 Å². The zero-order chi connectivity index (χ0) is 8.78.